The lowest BCUT2D eigenvalue weighted by Crippen LogP contribution is -2.51. The largest absolute Gasteiger partial charge is 0.308 e. The molecule has 2 N–H and O–H groups in total. The third-order valence-corrected chi connectivity index (χ3v) is 3.64. The van der Waals surface area contributed by atoms with Crippen LogP contribution in [0.4, 0.5) is 0 Å². The molecule has 1 aliphatic rings. The van der Waals surface area contributed by atoms with E-state index in [4.69, 9.17) is 5.14 Å². The van der Waals surface area contributed by atoms with Crippen molar-refractivity contribution in [1.29, 1.82) is 0 Å². The lowest BCUT2D eigenvalue weighted by molar-refractivity contribution is 0.174. The Morgan fingerprint density at radius 3 is 2.13 bits per heavy atom. The molecule has 0 radical (unpaired) electrons. The molecule has 0 aliphatic carbocycles. The van der Waals surface area contributed by atoms with E-state index in [-0.39, 0.29) is 0 Å². The minimum atomic E-state index is -3.48. The second-order valence-electron chi connectivity index (χ2n) is 4.09. The second-order valence-corrected chi connectivity index (χ2v) is 5.64. The van der Waals surface area contributed by atoms with E-state index < -0.39 is 10.2 Å². The summed E-state index contributed by atoms with van der Waals surface area (Å²) >= 11 is 0. The van der Waals surface area contributed by atoms with Crippen molar-refractivity contribution >= 4 is 10.2 Å². The summed E-state index contributed by atoms with van der Waals surface area (Å²) in [6.07, 6.45) is 0. The molecule has 0 unspecified atom stereocenters. The Labute approximate surface area is 91.8 Å². The number of hydrogen-bond acceptors (Lipinski definition) is 4. The highest BCUT2D eigenvalue weighted by molar-refractivity contribution is 7.86. The molecule has 0 saturated carbocycles. The van der Waals surface area contributed by atoms with Gasteiger partial charge in [0.15, 0.2) is 0 Å². The average Bonchev–Trinajstić information content (AvgIpc) is 2.14. The Balaban J connectivity index is 2.30. The van der Waals surface area contributed by atoms with Gasteiger partial charge in [0.25, 0.3) is 10.2 Å². The van der Waals surface area contributed by atoms with Gasteiger partial charge in [-0.05, 0) is 14.1 Å². The first-order valence-electron chi connectivity index (χ1n) is 5.04. The fourth-order valence-corrected chi connectivity index (χ4v) is 2.22. The molecule has 0 atom stereocenters. The van der Waals surface area contributed by atoms with Crippen molar-refractivity contribution in [2.75, 3.05) is 53.4 Å². The van der Waals surface area contributed by atoms with E-state index in [1.165, 1.54) is 4.31 Å². The van der Waals surface area contributed by atoms with Crippen LogP contribution in [0.25, 0.3) is 0 Å². The van der Waals surface area contributed by atoms with Gasteiger partial charge >= 0.3 is 0 Å². The van der Waals surface area contributed by atoms with Gasteiger partial charge in [-0.25, -0.2) is 5.14 Å². The summed E-state index contributed by atoms with van der Waals surface area (Å²) in [5.41, 5.74) is 0. The van der Waals surface area contributed by atoms with Gasteiger partial charge in [-0.3, -0.25) is 4.90 Å². The molecule has 15 heavy (non-hydrogen) atoms. The van der Waals surface area contributed by atoms with Gasteiger partial charge < -0.3 is 4.90 Å². The molecule has 1 rings (SSSR count). The molecule has 0 aromatic carbocycles. The molecular weight excluding hydrogens is 216 g/mol. The lowest BCUT2D eigenvalue weighted by atomic mass is 10.3. The summed E-state index contributed by atoms with van der Waals surface area (Å²) < 4.78 is 23.4. The predicted octanol–water partition coefficient (Wildman–Crippen LogP) is -1.63. The minimum Gasteiger partial charge on any atom is -0.308 e. The van der Waals surface area contributed by atoms with Crippen molar-refractivity contribution in [2.45, 2.75) is 0 Å². The minimum absolute atomic E-state index is 0.506. The first kappa shape index (κ1) is 12.9. The summed E-state index contributed by atoms with van der Waals surface area (Å²) in [4.78, 5) is 4.37. The van der Waals surface area contributed by atoms with E-state index in [0.29, 0.717) is 13.1 Å². The third kappa shape index (κ3) is 4.43. The van der Waals surface area contributed by atoms with E-state index in [1.54, 1.807) is 0 Å². The maximum absolute atomic E-state index is 11.0. The van der Waals surface area contributed by atoms with Crippen molar-refractivity contribution in [3.05, 3.63) is 0 Å². The first-order chi connectivity index (χ1) is 6.89. The fraction of sp³-hybridized carbons (Fsp3) is 1.00. The van der Waals surface area contributed by atoms with Crippen LogP contribution in [0.5, 0.6) is 0 Å². The van der Waals surface area contributed by atoms with Crippen molar-refractivity contribution in [3.63, 3.8) is 0 Å². The Morgan fingerprint density at radius 1 is 1.20 bits per heavy atom. The summed E-state index contributed by atoms with van der Waals surface area (Å²) in [5, 5.41) is 5.05. The summed E-state index contributed by atoms with van der Waals surface area (Å²) in [6.45, 7) is 4.52. The maximum atomic E-state index is 11.0. The fourth-order valence-electron chi connectivity index (χ4n) is 1.55. The van der Waals surface area contributed by atoms with Gasteiger partial charge in [0.05, 0.1) is 0 Å². The molecule has 90 valence electrons. The van der Waals surface area contributed by atoms with E-state index >= 15 is 0 Å². The van der Waals surface area contributed by atoms with Gasteiger partial charge in [-0.1, -0.05) is 0 Å². The van der Waals surface area contributed by atoms with Crippen LogP contribution >= 0.6 is 0 Å². The van der Waals surface area contributed by atoms with Crippen LogP contribution in [0.1, 0.15) is 0 Å². The standard InChI is InChI=1S/C8H20N4O2S/c1-10(2)3-4-11-5-7-12(8-6-11)15(9,13)14/h3-8H2,1-2H3,(H2,9,13,14). The summed E-state index contributed by atoms with van der Waals surface area (Å²) in [7, 11) is 0.572. The summed E-state index contributed by atoms with van der Waals surface area (Å²) in [5.74, 6) is 0. The van der Waals surface area contributed by atoms with Crippen molar-refractivity contribution in [2.24, 2.45) is 5.14 Å². The molecule has 1 fully saturated rings. The average molecular weight is 236 g/mol. The van der Waals surface area contributed by atoms with Crippen LogP contribution in [-0.2, 0) is 10.2 Å². The molecule has 1 heterocycles. The van der Waals surface area contributed by atoms with Crippen LogP contribution in [0, 0.1) is 0 Å². The predicted molar refractivity (Wildman–Crippen MR) is 59.7 cm³/mol. The van der Waals surface area contributed by atoms with Gasteiger partial charge in [0.1, 0.15) is 0 Å². The number of piperazine rings is 1. The highest BCUT2D eigenvalue weighted by atomic mass is 32.2. The van der Waals surface area contributed by atoms with E-state index in [2.05, 4.69) is 9.80 Å². The third-order valence-electron chi connectivity index (χ3n) is 2.55. The van der Waals surface area contributed by atoms with Gasteiger partial charge in [-0.15, -0.1) is 0 Å². The van der Waals surface area contributed by atoms with Crippen molar-refractivity contribution in [1.82, 2.24) is 14.1 Å². The van der Waals surface area contributed by atoms with Crippen LogP contribution in [-0.4, -0.2) is 75.9 Å². The summed E-state index contributed by atoms with van der Waals surface area (Å²) in [6, 6.07) is 0. The number of rotatable bonds is 4. The highest BCUT2D eigenvalue weighted by Gasteiger charge is 2.23. The zero-order valence-corrected chi connectivity index (χ0v) is 10.2. The van der Waals surface area contributed by atoms with E-state index in [0.717, 1.165) is 26.2 Å². The Morgan fingerprint density at radius 2 is 1.73 bits per heavy atom. The molecule has 6 nitrogen and oxygen atoms in total. The zero-order chi connectivity index (χ0) is 11.5. The number of nitrogens with zero attached hydrogens (tertiary/aromatic N) is 3. The van der Waals surface area contributed by atoms with E-state index in [1.807, 2.05) is 14.1 Å². The van der Waals surface area contributed by atoms with Crippen LogP contribution in [0.15, 0.2) is 0 Å². The quantitative estimate of drug-likeness (QED) is 0.636. The van der Waals surface area contributed by atoms with Gasteiger partial charge in [0, 0.05) is 39.3 Å². The second kappa shape index (κ2) is 5.22. The van der Waals surface area contributed by atoms with Crippen molar-refractivity contribution in [3.8, 4) is 0 Å². The van der Waals surface area contributed by atoms with Crippen LogP contribution < -0.4 is 5.14 Å². The van der Waals surface area contributed by atoms with Gasteiger partial charge in [-0.2, -0.15) is 12.7 Å². The molecule has 7 heteroatoms. The van der Waals surface area contributed by atoms with Gasteiger partial charge in [0.2, 0.25) is 0 Å². The zero-order valence-electron chi connectivity index (χ0n) is 9.39. The normalized spacial score (nSPS) is 21.1. The Bertz CT molecular complexity index is 283. The molecule has 0 bridgehead atoms. The number of hydrogen-bond donors (Lipinski definition) is 1. The number of likely N-dealkylation sites (N-methyl/N-ethyl adjacent to an activating group) is 1. The molecule has 1 saturated heterocycles. The smallest absolute Gasteiger partial charge is 0.276 e. The molecule has 0 aromatic heterocycles. The molecule has 1 aliphatic heterocycles. The monoisotopic (exact) mass is 236 g/mol. The number of nitrogens with two attached hydrogens (primary N) is 1. The first-order valence-corrected chi connectivity index (χ1v) is 6.55. The molecule has 0 amide bonds. The Hall–Kier alpha value is -0.210. The van der Waals surface area contributed by atoms with Crippen LogP contribution in [0.2, 0.25) is 0 Å². The molecule has 0 aromatic rings. The lowest BCUT2D eigenvalue weighted by Gasteiger charge is -2.33. The Kier molecular flexibility index (Phi) is 4.47. The molecule has 0 spiro atoms. The van der Waals surface area contributed by atoms with Crippen molar-refractivity contribution < 1.29 is 8.42 Å². The van der Waals surface area contributed by atoms with Crippen LogP contribution in [0.3, 0.4) is 0 Å². The SMILES string of the molecule is CN(C)CCN1CCN(S(N)(=O)=O)CC1. The maximum Gasteiger partial charge on any atom is 0.276 e. The topological polar surface area (TPSA) is 69.9 Å². The molecular formula is C8H20N4O2S. The van der Waals surface area contributed by atoms with E-state index in [9.17, 15) is 8.42 Å². The highest BCUT2D eigenvalue weighted by Crippen LogP contribution is 2.03.